The lowest BCUT2D eigenvalue weighted by molar-refractivity contribution is -0.122. The van der Waals surface area contributed by atoms with Gasteiger partial charge in [-0.3, -0.25) is 18.9 Å². The molecule has 11 heteroatoms. The van der Waals surface area contributed by atoms with Crippen molar-refractivity contribution in [1.29, 1.82) is 0 Å². The standard InChI is InChI=1S/C25H26N4O5S2/c1-15(30)14-26-22-17(23(31)28-10-5-4-6-21(28)27-22)13-20-24(32)29(25(35)36-20)11-9-16-7-8-18(33-2)19(12-16)34-3/h4-8,10,12-13,15,26,30H,9,11,14H2,1-3H3. The van der Waals surface area contributed by atoms with Gasteiger partial charge in [0.05, 0.1) is 30.8 Å². The minimum Gasteiger partial charge on any atom is -0.493 e. The lowest BCUT2D eigenvalue weighted by Crippen LogP contribution is -2.30. The number of methoxy groups -OCH3 is 2. The summed E-state index contributed by atoms with van der Waals surface area (Å²) in [6.07, 6.45) is 3.05. The first-order valence-electron chi connectivity index (χ1n) is 11.2. The second-order valence-electron chi connectivity index (χ2n) is 8.11. The van der Waals surface area contributed by atoms with Crippen molar-refractivity contribution < 1.29 is 19.4 Å². The van der Waals surface area contributed by atoms with Crippen LogP contribution in [0.15, 0.2) is 52.3 Å². The number of aliphatic hydroxyl groups excluding tert-OH is 1. The van der Waals surface area contributed by atoms with Crippen molar-refractivity contribution in [2.75, 3.05) is 32.6 Å². The first-order chi connectivity index (χ1) is 17.3. The van der Waals surface area contributed by atoms with Crippen molar-refractivity contribution in [3.05, 3.63) is 69.0 Å². The van der Waals surface area contributed by atoms with E-state index in [4.69, 9.17) is 21.7 Å². The molecule has 9 nitrogen and oxygen atoms in total. The van der Waals surface area contributed by atoms with Crippen LogP contribution in [0.5, 0.6) is 11.5 Å². The number of rotatable bonds is 9. The first kappa shape index (κ1) is 25.7. The number of benzene rings is 1. The Morgan fingerprint density at radius 3 is 2.69 bits per heavy atom. The molecule has 1 fully saturated rings. The monoisotopic (exact) mass is 526 g/mol. The number of nitrogens with one attached hydrogen (secondary N) is 1. The van der Waals surface area contributed by atoms with Gasteiger partial charge in [-0.1, -0.05) is 36.1 Å². The second kappa shape index (κ2) is 11.1. The summed E-state index contributed by atoms with van der Waals surface area (Å²) in [6.45, 7) is 2.20. The van der Waals surface area contributed by atoms with Gasteiger partial charge in [0, 0.05) is 19.3 Å². The molecule has 4 rings (SSSR count). The Morgan fingerprint density at radius 1 is 1.19 bits per heavy atom. The predicted molar refractivity (Wildman–Crippen MR) is 145 cm³/mol. The van der Waals surface area contributed by atoms with E-state index in [-0.39, 0.29) is 23.6 Å². The van der Waals surface area contributed by atoms with E-state index in [9.17, 15) is 14.7 Å². The molecule has 188 valence electrons. The molecule has 1 unspecified atom stereocenters. The van der Waals surface area contributed by atoms with E-state index in [1.54, 1.807) is 45.5 Å². The Morgan fingerprint density at radius 2 is 1.97 bits per heavy atom. The predicted octanol–water partition coefficient (Wildman–Crippen LogP) is 2.95. The molecule has 3 aromatic rings. The van der Waals surface area contributed by atoms with Crippen LogP contribution in [0.4, 0.5) is 5.82 Å². The summed E-state index contributed by atoms with van der Waals surface area (Å²) in [5.74, 6) is 1.26. The molecule has 0 saturated carbocycles. The highest BCUT2D eigenvalue weighted by molar-refractivity contribution is 8.26. The van der Waals surface area contributed by atoms with Gasteiger partial charge < -0.3 is 19.9 Å². The Bertz CT molecular complexity index is 1400. The third-order valence-electron chi connectivity index (χ3n) is 5.56. The van der Waals surface area contributed by atoms with Crippen LogP contribution in [-0.4, -0.2) is 63.0 Å². The molecule has 36 heavy (non-hydrogen) atoms. The Balaban J connectivity index is 1.61. The van der Waals surface area contributed by atoms with Gasteiger partial charge in [-0.25, -0.2) is 4.98 Å². The smallest absolute Gasteiger partial charge is 0.267 e. The number of thiocarbonyl (C=S) groups is 1. The number of carbonyl (C=O) groups is 1. The average molecular weight is 527 g/mol. The van der Waals surface area contributed by atoms with Crippen LogP contribution in [0.1, 0.15) is 18.1 Å². The second-order valence-corrected chi connectivity index (χ2v) is 9.79. The molecular formula is C25H26N4O5S2. The molecule has 0 spiro atoms. The fraction of sp³-hybridized carbons (Fsp3) is 0.280. The topological polar surface area (TPSA) is 105 Å². The largest absolute Gasteiger partial charge is 0.493 e. The van der Waals surface area contributed by atoms with Gasteiger partial charge in [-0.15, -0.1) is 0 Å². The average Bonchev–Trinajstić information content (AvgIpc) is 3.14. The first-order valence-corrected chi connectivity index (χ1v) is 12.4. The Hall–Kier alpha value is -3.41. The summed E-state index contributed by atoms with van der Waals surface area (Å²) in [7, 11) is 3.15. The SMILES string of the molecule is COc1ccc(CCN2C(=O)C(=Cc3c(NCC(C)O)nc4ccccn4c3=O)SC2=S)cc1OC. The fourth-order valence-electron chi connectivity index (χ4n) is 3.71. The summed E-state index contributed by atoms with van der Waals surface area (Å²) >= 11 is 6.62. The van der Waals surface area contributed by atoms with Gasteiger partial charge in [-0.05, 0) is 49.2 Å². The molecule has 0 aliphatic carbocycles. The number of amides is 1. The van der Waals surface area contributed by atoms with Crippen LogP contribution in [0.2, 0.25) is 0 Å². The molecule has 0 bridgehead atoms. The van der Waals surface area contributed by atoms with Crippen LogP contribution >= 0.6 is 24.0 Å². The minimum absolute atomic E-state index is 0.197. The number of aliphatic hydroxyl groups is 1. The van der Waals surface area contributed by atoms with E-state index in [2.05, 4.69) is 10.3 Å². The van der Waals surface area contributed by atoms with Gasteiger partial charge in [0.2, 0.25) is 0 Å². The number of ether oxygens (including phenoxy) is 2. The van der Waals surface area contributed by atoms with Crippen molar-refractivity contribution >= 4 is 51.7 Å². The van der Waals surface area contributed by atoms with E-state index >= 15 is 0 Å². The minimum atomic E-state index is -0.649. The summed E-state index contributed by atoms with van der Waals surface area (Å²) in [6, 6.07) is 10.8. The highest BCUT2D eigenvalue weighted by Gasteiger charge is 2.32. The molecule has 2 N–H and O–H groups in total. The van der Waals surface area contributed by atoms with Crippen molar-refractivity contribution in [2.45, 2.75) is 19.4 Å². The van der Waals surface area contributed by atoms with Crippen LogP contribution in [0, 0.1) is 0 Å². The number of carbonyl (C=O) groups excluding carboxylic acids is 1. The zero-order chi connectivity index (χ0) is 25.8. The molecule has 3 heterocycles. The molecule has 1 atom stereocenters. The summed E-state index contributed by atoms with van der Waals surface area (Å²) < 4.78 is 12.5. The fourth-order valence-corrected chi connectivity index (χ4v) is 5.00. The molecule has 1 aromatic carbocycles. The van der Waals surface area contributed by atoms with Crippen LogP contribution in [0.3, 0.4) is 0 Å². The third kappa shape index (κ3) is 5.38. The van der Waals surface area contributed by atoms with E-state index in [1.807, 2.05) is 18.2 Å². The van der Waals surface area contributed by atoms with Crippen molar-refractivity contribution in [2.24, 2.45) is 0 Å². The van der Waals surface area contributed by atoms with Crippen LogP contribution in [0.25, 0.3) is 11.7 Å². The zero-order valence-corrected chi connectivity index (χ0v) is 21.7. The van der Waals surface area contributed by atoms with Gasteiger partial charge >= 0.3 is 0 Å². The number of fused-ring (bicyclic) bond motifs is 1. The van der Waals surface area contributed by atoms with Crippen molar-refractivity contribution in [3.8, 4) is 11.5 Å². The quantitative estimate of drug-likeness (QED) is 0.322. The number of hydrogen-bond donors (Lipinski definition) is 2. The molecule has 2 aromatic heterocycles. The highest BCUT2D eigenvalue weighted by atomic mass is 32.2. The zero-order valence-electron chi connectivity index (χ0n) is 20.1. The number of nitrogens with zero attached hydrogens (tertiary/aromatic N) is 3. The van der Waals surface area contributed by atoms with Gasteiger partial charge in [0.25, 0.3) is 11.5 Å². The molecule has 1 amide bonds. The van der Waals surface area contributed by atoms with Gasteiger partial charge in [0.1, 0.15) is 15.8 Å². The lowest BCUT2D eigenvalue weighted by atomic mass is 10.1. The Labute approximate surface area is 217 Å². The summed E-state index contributed by atoms with van der Waals surface area (Å²) in [5, 5.41) is 12.7. The van der Waals surface area contributed by atoms with Gasteiger partial charge in [-0.2, -0.15) is 0 Å². The molecule has 1 aliphatic heterocycles. The number of thioether (sulfide) groups is 1. The number of aromatic nitrogens is 2. The molecule has 1 aliphatic rings. The Kier molecular flexibility index (Phi) is 7.92. The maximum absolute atomic E-state index is 13.3. The maximum Gasteiger partial charge on any atom is 0.267 e. The molecule has 0 radical (unpaired) electrons. The summed E-state index contributed by atoms with van der Waals surface area (Å²) in [5.41, 5.74) is 1.31. The van der Waals surface area contributed by atoms with Crippen molar-refractivity contribution in [1.82, 2.24) is 14.3 Å². The number of pyridine rings is 1. The van der Waals surface area contributed by atoms with E-state index < -0.39 is 6.10 Å². The van der Waals surface area contributed by atoms with Gasteiger partial charge in [0.15, 0.2) is 11.5 Å². The molecule has 1 saturated heterocycles. The lowest BCUT2D eigenvalue weighted by Gasteiger charge is -2.15. The maximum atomic E-state index is 13.3. The normalized spacial score (nSPS) is 15.6. The summed E-state index contributed by atoms with van der Waals surface area (Å²) in [4.78, 5) is 32.9. The van der Waals surface area contributed by atoms with Crippen LogP contribution < -0.4 is 20.3 Å². The number of hydrogen-bond acceptors (Lipinski definition) is 9. The van der Waals surface area contributed by atoms with E-state index in [1.165, 1.54) is 15.4 Å². The third-order valence-corrected chi connectivity index (χ3v) is 6.93. The molecular weight excluding hydrogens is 500 g/mol. The van der Waals surface area contributed by atoms with E-state index in [0.717, 1.165) is 17.3 Å². The van der Waals surface area contributed by atoms with Crippen LogP contribution in [-0.2, 0) is 11.2 Å². The highest BCUT2D eigenvalue weighted by Crippen LogP contribution is 2.34. The van der Waals surface area contributed by atoms with E-state index in [0.29, 0.717) is 45.2 Å². The number of anilines is 1. The van der Waals surface area contributed by atoms with Crippen molar-refractivity contribution in [3.63, 3.8) is 0 Å².